The van der Waals surface area contributed by atoms with E-state index in [0.717, 1.165) is 16.3 Å². The lowest BCUT2D eigenvalue weighted by Crippen LogP contribution is -2.49. The fourth-order valence-electron chi connectivity index (χ4n) is 2.89. The summed E-state index contributed by atoms with van der Waals surface area (Å²) in [5.74, 6) is -1.29. The molecule has 23 heavy (non-hydrogen) atoms. The van der Waals surface area contributed by atoms with E-state index in [9.17, 15) is 14.7 Å². The number of carboxylic acid groups (broad SMARTS) is 1. The molecule has 1 aromatic heterocycles. The zero-order chi connectivity index (χ0) is 16.6. The van der Waals surface area contributed by atoms with E-state index >= 15 is 0 Å². The number of aliphatic carboxylic acids is 1. The summed E-state index contributed by atoms with van der Waals surface area (Å²) in [4.78, 5) is 30.1. The number of fused-ring (bicyclic) bond motifs is 1. The molecule has 3 rings (SSSR count). The number of carboxylic acids is 1. The maximum atomic E-state index is 12.9. The van der Waals surface area contributed by atoms with Crippen LogP contribution in [0, 0.1) is 0 Å². The van der Waals surface area contributed by atoms with E-state index in [-0.39, 0.29) is 5.91 Å². The van der Waals surface area contributed by atoms with Crippen LogP contribution in [0.1, 0.15) is 21.6 Å². The third-order valence-corrected chi connectivity index (χ3v) is 4.89. The van der Waals surface area contributed by atoms with Gasteiger partial charge in [-0.25, -0.2) is 9.78 Å². The third-order valence-electron chi connectivity index (χ3n) is 4.14. The van der Waals surface area contributed by atoms with Gasteiger partial charge in [-0.3, -0.25) is 4.79 Å². The average molecular weight is 331 g/mol. The number of hydrogen-bond acceptors (Lipinski definition) is 4. The summed E-state index contributed by atoms with van der Waals surface area (Å²) in [5, 5.41) is 10.3. The Morgan fingerprint density at radius 3 is 2.61 bits per heavy atom. The number of carbonyl (C=O) groups is 2. The minimum atomic E-state index is -0.986. The minimum absolute atomic E-state index is 0.297. The highest BCUT2D eigenvalue weighted by Gasteiger charge is 2.36. The predicted molar refractivity (Wildman–Crippen MR) is 86.4 cm³/mol. The molecular formula is C16H17N3O3S. The second kappa shape index (κ2) is 6.08. The van der Waals surface area contributed by atoms with E-state index in [1.54, 1.807) is 11.6 Å². The summed E-state index contributed by atoms with van der Waals surface area (Å²) >= 11 is 1.44. The molecule has 0 saturated heterocycles. The van der Waals surface area contributed by atoms with Gasteiger partial charge in [0.15, 0.2) is 5.16 Å². The molecule has 7 heteroatoms. The first kappa shape index (κ1) is 15.6. The van der Waals surface area contributed by atoms with E-state index in [4.69, 9.17) is 0 Å². The van der Waals surface area contributed by atoms with Crippen molar-refractivity contribution < 1.29 is 14.7 Å². The lowest BCUT2D eigenvalue weighted by atomic mass is 9.93. The standard InChI is InChI=1S/C16H17N3O3S/c1-18-13(8-17-16(18)23-2)14(20)19-9-11-6-4-3-5-10(11)7-12(19)15(21)22/h3-6,8,12H,7,9H2,1-2H3,(H,21,22)/t12-/m0/s1. The number of hydrogen-bond donors (Lipinski definition) is 1. The van der Waals surface area contributed by atoms with Crippen LogP contribution in [0.2, 0.25) is 0 Å². The molecule has 1 atom stereocenters. The first-order valence-electron chi connectivity index (χ1n) is 7.19. The van der Waals surface area contributed by atoms with Crippen LogP contribution in [0.25, 0.3) is 0 Å². The van der Waals surface area contributed by atoms with Gasteiger partial charge < -0.3 is 14.6 Å². The van der Waals surface area contributed by atoms with Gasteiger partial charge in [0.1, 0.15) is 11.7 Å². The molecule has 1 N–H and O–H groups in total. The lowest BCUT2D eigenvalue weighted by molar-refractivity contribution is -0.142. The maximum absolute atomic E-state index is 12.9. The van der Waals surface area contributed by atoms with Gasteiger partial charge in [-0.2, -0.15) is 0 Å². The van der Waals surface area contributed by atoms with Crippen molar-refractivity contribution in [3.05, 3.63) is 47.3 Å². The van der Waals surface area contributed by atoms with Crippen molar-refractivity contribution in [3.63, 3.8) is 0 Å². The van der Waals surface area contributed by atoms with Crippen LogP contribution in [-0.4, -0.2) is 43.7 Å². The third kappa shape index (κ3) is 2.72. The molecule has 120 valence electrons. The van der Waals surface area contributed by atoms with Crippen molar-refractivity contribution in [2.24, 2.45) is 7.05 Å². The predicted octanol–water partition coefficient (Wildman–Crippen LogP) is 1.79. The van der Waals surface area contributed by atoms with E-state index in [0.29, 0.717) is 18.7 Å². The topological polar surface area (TPSA) is 75.4 Å². The van der Waals surface area contributed by atoms with Gasteiger partial charge >= 0.3 is 5.97 Å². The van der Waals surface area contributed by atoms with Crippen LogP contribution in [0.4, 0.5) is 0 Å². The van der Waals surface area contributed by atoms with Crippen molar-refractivity contribution in [2.75, 3.05) is 6.26 Å². The van der Waals surface area contributed by atoms with Crippen molar-refractivity contribution in [1.29, 1.82) is 0 Å². The molecule has 1 amide bonds. The molecule has 0 saturated carbocycles. The summed E-state index contributed by atoms with van der Waals surface area (Å²) in [6, 6.07) is 6.79. The number of thioether (sulfide) groups is 1. The molecule has 0 radical (unpaired) electrons. The molecule has 2 aromatic rings. The Morgan fingerprint density at radius 2 is 2.00 bits per heavy atom. The summed E-state index contributed by atoms with van der Waals surface area (Å²) in [6.07, 6.45) is 3.71. The second-order valence-electron chi connectivity index (χ2n) is 5.45. The fourth-order valence-corrected chi connectivity index (χ4v) is 3.42. The molecule has 6 nitrogen and oxygen atoms in total. The summed E-state index contributed by atoms with van der Waals surface area (Å²) in [6.45, 7) is 0.297. The number of carbonyl (C=O) groups excluding carboxylic acids is 1. The second-order valence-corrected chi connectivity index (χ2v) is 6.22. The monoisotopic (exact) mass is 331 g/mol. The zero-order valence-corrected chi connectivity index (χ0v) is 13.7. The summed E-state index contributed by atoms with van der Waals surface area (Å²) in [7, 11) is 1.76. The van der Waals surface area contributed by atoms with Crippen LogP contribution in [0.3, 0.4) is 0 Å². The number of rotatable bonds is 3. The molecule has 1 aliphatic heterocycles. The number of benzene rings is 1. The van der Waals surface area contributed by atoms with Gasteiger partial charge in [0.25, 0.3) is 5.91 Å². The van der Waals surface area contributed by atoms with Gasteiger partial charge in [-0.15, -0.1) is 0 Å². The van der Waals surface area contributed by atoms with Gasteiger partial charge in [-0.1, -0.05) is 36.0 Å². The van der Waals surface area contributed by atoms with E-state index in [2.05, 4.69) is 4.98 Å². The number of amides is 1. The van der Waals surface area contributed by atoms with Gasteiger partial charge in [0, 0.05) is 20.0 Å². The Bertz CT molecular complexity index is 772. The van der Waals surface area contributed by atoms with Crippen molar-refractivity contribution >= 4 is 23.6 Å². The molecule has 0 bridgehead atoms. The molecular weight excluding hydrogens is 314 g/mol. The van der Waals surface area contributed by atoms with Crippen molar-refractivity contribution in [1.82, 2.24) is 14.5 Å². The first-order valence-corrected chi connectivity index (χ1v) is 8.41. The van der Waals surface area contributed by atoms with E-state index in [1.807, 2.05) is 30.5 Å². The van der Waals surface area contributed by atoms with Gasteiger partial charge in [-0.05, 0) is 17.4 Å². The number of aromatic nitrogens is 2. The Hall–Kier alpha value is -2.28. The van der Waals surface area contributed by atoms with Crippen LogP contribution in [-0.2, 0) is 24.8 Å². The fraction of sp³-hybridized carbons (Fsp3) is 0.312. The van der Waals surface area contributed by atoms with E-state index < -0.39 is 12.0 Å². The molecule has 1 aromatic carbocycles. The Morgan fingerprint density at radius 1 is 1.30 bits per heavy atom. The summed E-state index contributed by atoms with van der Waals surface area (Å²) in [5.41, 5.74) is 2.38. The normalized spacial score (nSPS) is 17.0. The van der Waals surface area contributed by atoms with Gasteiger partial charge in [0.05, 0.1) is 6.20 Å². The van der Waals surface area contributed by atoms with Crippen LogP contribution in [0.5, 0.6) is 0 Å². The Balaban J connectivity index is 1.97. The molecule has 2 heterocycles. The Kier molecular flexibility index (Phi) is 4.12. The highest BCUT2D eigenvalue weighted by Crippen LogP contribution is 2.26. The number of imidazole rings is 1. The summed E-state index contributed by atoms with van der Waals surface area (Å²) < 4.78 is 1.70. The average Bonchev–Trinajstić information content (AvgIpc) is 2.93. The first-order chi connectivity index (χ1) is 11.0. The molecule has 0 fully saturated rings. The van der Waals surface area contributed by atoms with E-state index in [1.165, 1.54) is 22.9 Å². The minimum Gasteiger partial charge on any atom is -0.480 e. The molecule has 0 aliphatic carbocycles. The van der Waals surface area contributed by atoms with Crippen LogP contribution >= 0.6 is 11.8 Å². The highest BCUT2D eigenvalue weighted by atomic mass is 32.2. The molecule has 0 unspecified atom stereocenters. The van der Waals surface area contributed by atoms with Crippen LogP contribution in [0.15, 0.2) is 35.6 Å². The lowest BCUT2D eigenvalue weighted by Gasteiger charge is -2.34. The quantitative estimate of drug-likeness (QED) is 0.868. The van der Waals surface area contributed by atoms with Crippen molar-refractivity contribution in [2.45, 2.75) is 24.2 Å². The van der Waals surface area contributed by atoms with Gasteiger partial charge in [0.2, 0.25) is 0 Å². The molecule has 0 spiro atoms. The highest BCUT2D eigenvalue weighted by molar-refractivity contribution is 7.98. The maximum Gasteiger partial charge on any atom is 0.326 e. The SMILES string of the molecule is CSc1ncc(C(=O)N2Cc3ccccc3C[C@H]2C(=O)O)n1C. The molecule has 1 aliphatic rings. The zero-order valence-electron chi connectivity index (χ0n) is 12.9. The largest absolute Gasteiger partial charge is 0.480 e. The number of nitrogens with zero attached hydrogens (tertiary/aromatic N) is 3. The van der Waals surface area contributed by atoms with Crippen LogP contribution < -0.4 is 0 Å². The van der Waals surface area contributed by atoms with Crippen molar-refractivity contribution in [3.8, 4) is 0 Å². The Labute approximate surface area is 138 Å². The smallest absolute Gasteiger partial charge is 0.326 e.